The van der Waals surface area contributed by atoms with Gasteiger partial charge in [-0.15, -0.1) is 0 Å². The van der Waals surface area contributed by atoms with Crippen molar-refractivity contribution in [2.45, 2.75) is 76.2 Å². The molecule has 9 aromatic carbocycles. The van der Waals surface area contributed by atoms with Gasteiger partial charge in [0.1, 0.15) is 22.9 Å². The number of nitrogens with two attached hydrogens (primary N) is 9. The summed E-state index contributed by atoms with van der Waals surface area (Å²) in [5, 5.41) is 24.0. The molecule has 0 radical (unpaired) electrons. The number of nitrogen functional groups attached to an aromatic ring is 5. The van der Waals surface area contributed by atoms with E-state index in [4.69, 9.17) is 56.7 Å². The summed E-state index contributed by atoms with van der Waals surface area (Å²) in [6.45, 7) is 6.48. The largest absolute Gasteiger partial charge is 0.506 e. The van der Waals surface area contributed by atoms with Gasteiger partial charge in [0, 0.05) is 36.8 Å². The van der Waals surface area contributed by atoms with Gasteiger partial charge in [-0.2, -0.15) is 0 Å². The molecule has 3 aliphatic rings. The van der Waals surface area contributed by atoms with Crippen molar-refractivity contribution in [3.63, 3.8) is 0 Å². The number of hydrogen-bond donors (Lipinski definition) is 17. The number of rotatable bonds is 12. The average Bonchev–Trinajstić information content (AvgIpc) is 1.60. The number of nitrogens with one attached hydrogen (secondary N) is 7. The molecule has 0 atom stereocenters. The third-order valence-corrected chi connectivity index (χ3v) is 16.6. The number of aromatic nitrogens is 4. The Kier molecular flexibility index (Phi) is 31.3. The molecule has 0 unspecified atom stereocenters. The zero-order valence-corrected chi connectivity index (χ0v) is 57.2. The highest BCUT2D eigenvalue weighted by Crippen LogP contribution is 2.34. The van der Waals surface area contributed by atoms with Crippen LogP contribution in [-0.2, 0) is 29.2 Å². The topological polar surface area (TPSA) is 435 Å². The molecule has 3 aliphatic heterocycles. The predicted octanol–water partition coefficient (Wildman–Crippen LogP) is 9.40. The number of para-hydroxylation sites is 13. The minimum atomic E-state index is -0.327. The van der Waals surface area contributed by atoms with E-state index in [0.29, 0.717) is 90.7 Å². The highest BCUT2D eigenvalue weighted by molar-refractivity contribution is 6.05. The Balaban J connectivity index is 0.000000166. The molecule has 26 N–H and O–H groups in total. The predicted molar refractivity (Wildman–Crippen MR) is 412 cm³/mol. The van der Waals surface area contributed by atoms with Crippen LogP contribution in [0.5, 0.6) is 5.75 Å². The van der Waals surface area contributed by atoms with E-state index in [9.17, 15) is 23.6 Å². The molecule has 0 bridgehead atoms. The summed E-state index contributed by atoms with van der Waals surface area (Å²) in [5.41, 5.74) is 60.5. The molecular formula is C77H96FN19O5. The van der Waals surface area contributed by atoms with E-state index in [0.717, 1.165) is 109 Å². The number of carbonyl (C=O) groups excluding carboxylic acids is 3. The second-order valence-electron chi connectivity index (χ2n) is 23.8. The van der Waals surface area contributed by atoms with Crippen LogP contribution in [0, 0.1) is 5.82 Å². The monoisotopic (exact) mass is 1390 g/mol. The first-order valence-electron chi connectivity index (χ1n) is 33.7. The summed E-state index contributed by atoms with van der Waals surface area (Å²) in [6, 6.07) is 68.0. The average molecular weight is 1390 g/mol. The molecule has 24 nitrogen and oxygen atoms in total. The number of piperidine rings is 2. The number of carbonyl (C=O) groups is 3. The van der Waals surface area contributed by atoms with Crippen LogP contribution in [0.1, 0.15) is 78.3 Å². The Hall–Kier alpha value is -11.6. The van der Waals surface area contributed by atoms with Gasteiger partial charge in [-0.05, 0) is 192 Å². The van der Waals surface area contributed by atoms with Crippen molar-refractivity contribution in [1.29, 1.82) is 0 Å². The summed E-state index contributed by atoms with van der Waals surface area (Å²) in [6.07, 6.45) is 6.00. The number of amides is 3. The van der Waals surface area contributed by atoms with Crippen molar-refractivity contribution in [2.24, 2.45) is 22.9 Å². The van der Waals surface area contributed by atoms with Crippen LogP contribution < -0.4 is 88.8 Å². The number of hydrogen-bond acceptors (Lipinski definition) is 18. The van der Waals surface area contributed by atoms with Crippen molar-refractivity contribution >= 4 is 85.3 Å². The molecular weight excluding hydrogens is 1290 g/mol. The number of unbranched alkanes of at least 4 members (excludes halogenated alkanes) is 1. The van der Waals surface area contributed by atoms with E-state index in [1.165, 1.54) is 12.1 Å². The maximum atomic E-state index is 12.2. The maximum absolute atomic E-state index is 12.2. The van der Waals surface area contributed by atoms with E-state index in [1.807, 2.05) is 120 Å². The number of halogens is 1. The van der Waals surface area contributed by atoms with Gasteiger partial charge in [0.15, 0.2) is 0 Å². The first-order valence-corrected chi connectivity index (χ1v) is 33.7. The van der Waals surface area contributed by atoms with Crippen molar-refractivity contribution in [2.75, 3.05) is 83.6 Å². The van der Waals surface area contributed by atoms with Crippen molar-refractivity contribution < 1.29 is 23.9 Å². The summed E-state index contributed by atoms with van der Waals surface area (Å²) in [7, 11) is 0. The second kappa shape index (κ2) is 41.1. The van der Waals surface area contributed by atoms with Crippen molar-refractivity contribution in [1.82, 2.24) is 35.5 Å². The van der Waals surface area contributed by atoms with Crippen LogP contribution in [-0.4, -0.2) is 87.3 Å². The quantitative estimate of drug-likeness (QED) is 0.0307. The third-order valence-electron chi connectivity index (χ3n) is 16.6. The molecule has 2 aromatic heterocycles. The number of aromatic hydroxyl groups is 1. The lowest BCUT2D eigenvalue weighted by Gasteiger charge is -2.40. The van der Waals surface area contributed by atoms with E-state index in [1.54, 1.807) is 84.9 Å². The van der Waals surface area contributed by atoms with Crippen molar-refractivity contribution in [3.05, 3.63) is 263 Å². The van der Waals surface area contributed by atoms with E-state index < -0.39 is 0 Å². The van der Waals surface area contributed by atoms with E-state index in [-0.39, 0.29) is 40.5 Å². The molecule has 536 valence electrons. The van der Waals surface area contributed by atoms with Gasteiger partial charge in [-0.1, -0.05) is 115 Å². The van der Waals surface area contributed by atoms with E-state index in [2.05, 4.69) is 58.6 Å². The number of benzene rings is 9. The maximum Gasteiger partial charge on any atom is 0.326 e. The number of aromatic amines is 2. The molecule has 0 saturated carbocycles. The minimum Gasteiger partial charge on any atom is -0.506 e. The number of phenols is 1. The molecule has 3 fully saturated rings. The van der Waals surface area contributed by atoms with Gasteiger partial charge in [-0.25, -0.2) is 14.2 Å². The van der Waals surface area contributed by atoms with E-state index >= 15 is 0 Å². The minimum absolute atomic E-state index is 0.0126. The molecule has 102 heavy (non-hydrogen) atoms. The number of phenolic OH excluding ortho intramolecular Hbond substituents is 1. The highest BCUT2D eigenvalue weighted by Gasteiger charge is 2.49. The highest BCUT2D eigenvalue weighted by atomic mass is 19.1. The summed E-state index contributed by atoms with van der Waals surface area (Å²) >= 11 is 0. The summed E-state index contributed by atoms with van der Waals surface area (Å²) in [5.74, 6) is 0.756. The van der Waals surface area contributed by atoms with Gasteiger partial charge in [0.25, 0.3) is 5.91 Å². The summed E-state index contributed by atoms with van der Waals surface area (Å²) in [4.78, 5) is 60.0. The molecule has 5 heterocycles. The van der Waals surface area contributed by atoms with Crippen molar-refractivity contribution in [3.8, 4) is 5.75 Å². The normalized spacial score (nSPS) is 13.3. The van der Waals surface area contributed by atoms with Crippen LogP contribution >= 0.6 is 0 Å². The Morgan fingerprint density at radius 1 is 0.539 bits per heavy atom. The summed E-state index contributed by atoms with van der Waals surface area (Å²) < 4.78 is 14.1. The first-order chi connectivity index (χ1) is 49.5. The number of H-pyrrole nitrogens is 2. The Morgan fingerprint density at radius 2 is 1.05 bits per heavy atom. The van der Waals surface area contributed by atoms with Gasteiger partial charge >= 0.3 is 5.69 Å². The molecule has 25 heteroatoms. The lowest BCUT2D eigenvalue weighted by Crippen LogP contribution is -2.55. The third kappa shape index (κ3) is 23.8. The number of imidazole rings is 2. The van der Waals surface area contributed by atoms with Crippen LogP contribution in [0.25, 0.3) is 22.1 Å². The van der Waals surface area contributed by atoms with Crippen LogP contribution in [0.4, 0.5) is 49.9 Å². The van der Waals surface area contributed by atoms with Crippen LogP contribution in [0.2, 0.25) is 0 Å². The lowest BCUT2D eigenvalue weighted by molar-refractivity contribution is -0.124. The fourth-order valence-electron chi connectivity index (χ4n) is 10.9. The fourth-order valence-corrected chi connectivity index (χ4v) is 10.9. The first kappa shape index (κ1) is 77.8. The lowest BCUT2D eigenvalue weighted by atomic mass is 9.86. The number of fused-ring (bicyclic) bond motifs is 2. The zero-order valence-electron chi connectivity index (χ0n) is 57.2. The smallest absolute Gasteiger partial charge is 0.326 e. The Morgan fingerprint density at radius 3 is 1.59 bits per heavy atom. The van der Waals surface area contributed by atoms with Gasteiger partial charge < -0.3 is 98.2 Å². The molecule has 1 spiro atoms. The SMILES string of the molecule is NCCCCC(=O)Nc1ccccc1N.NCc1ccc(C(=O)Nc2ccccc2N)cc1.NCc1ccc(F)cc1.NCc1nc2ccccc2[nH]1.Nc1ccccc1N.Nc1ccccc1O.O=C1NCN(c2ccccc2)C12CCNCC2.O=c1[nH]c2ccccc2n1C1CCNCC1. The number of anilines is 8. The number of nitrogens with zero attached hydrogens (tertiary/aromatic N) is 3. The van der Waals surface area contributed by atoms with Gasteiger partial charge in [0.05, 0.1) is 75.1 Å². The standard InChI is InChI=1S/C14H15N3O.C13H17N3O.C12H15N3O.C11H17N3O.C8H9N3.C7H8FN.C6H8N2.C6H7NO/c15-9-10-5-7-11(8-6-10)14(18)17-13-4-2-1-3-12(13)16;17-12-13(6-8-14-9-7-13)16(10-15-12)11-4-2-1-3-5-11;16-12-14-10-3-1-2-4-11(10)15(12)9-5-7-13-8-6-9;12-8-4-3-7-11(15)14-10-6-2-1-5-9(10)13;9-5-8-10-6-3-1-2-4-7(6)11-8;8-7-3-1-6(5-9)2-4-7;2*7-5-3-1-2-4-6(5)8/h1-8H,9,15-16H2,(H,17,18);1-5,14H,6-10H2,(H,15,17);1-4,9,13H,5-8H2,(H,14,16);1-2,5-6H,3-4,7-8,12-13H2,(H,14,15);1-4H,5,9H2,(H,10,11);1-4H,5,9H2;1-4H,7-8H2;1-4,8H,7H2. The van der Waals surface area contributed by atoms with Gasteiger partial charge in [0.2, 0.25) is 11.8 Å². The zero-order chi connectivity index (χ0) is 73.1. The Labute approximate surface area is 593 Å². The molecule has 3 amide bonds. The molecule has 11 aromatic rings. The molecule has 14 rings (SSSR count). The van der Waals surface area contributed by atoms with Gasteiger partial charge in [-0.3, -0.25) is 19.0 Å². The van der Waals surface area contributed by atoms with Crippen LogP contribution in [0.3, 0.4) is 0 Å². The van der Waals surface area contributed by atoms with Crippen LogP contribution in [0.15, 0.2) is 229 Å². The second-order valence-corrected chi connectivity index (χ2v) is 23.8. The molecule has 3 saturated heterocycles. The Bertz CT molecular complexity index is 4270. The molecule has 0 aliphatic carbocycles. The fraction of sp³-hybridized carbons (Fsp3) is 0.234.